The van der Waals surface area contributed by atoms with E-state index >= 15 is 0 Å². The summed E-state index contributed by atoms with van der Waals surface area (Å²) in [6.07, 6.45) is 0. The first-order valence-corrected chi connectivity index (χ1v) is 6.58. The molecule has 0 aromatic carbocycles. The van der Waals surface area contributed by atoms with Crippen molar-refractivity contribution >= 4 is 11.8 Å². The highest BCUT2D eigenvalue weighted by molar-refractivity contribution is 6.10. The molecule has 4 N–H and O–H groups in total. The predicted molar refractivity (Wildman–Crippen MR) is 76.2 cm³/mol. The number of hydrogen-bond donors (Lipinski definition) is 4. The fourth-order valence-electron chi connectivity index (χ4n) is 1.55. The zero-order valence-electron chi connectivity index (χ0n) is 13.2. The van der Waals surface area contributed by atoms with E-state index in [0.717, 1.165) is 0 Å². The van der Waals surface area contributed by atoms with E-state index in [1.807, 2.05) is 0 Å². The molecular formula is C13H27N3O4. The number of aliphatic hydroxyl groups excluding tert-OH is 1. The van der Waals surface area contributed by atoms with E-state index in [0.29, 0.717) is 0 Å². The van der Waals surface area contributed by atoms with E-state index in [1.54, 1.807) is 27.8 Å². The average molecular weight is 289 g/mol. The van der Waals surface area contributed by atoms with Crippen LogP contribution < -0.4 is 16.0 Å². The van der Waals surface area contributed by atoms with Crippen LogP contribution in [0, 0.1) is 5.41 Å². The van der Waals surface area contributed by atoms with E-state index in [9.17, 15) is 9.59 Å². The van der Waals surface area contributed by atoms with E-state index in [1.165, 1.54) is 14.1 Å². The molecule has 0 rings (SSSR count). The molecule has 0 spiro atoms. The minimum Gasteiger partial charge on any atom is -0.462 e. The Morgan fingerprint density at radius 2 is 1.70 bits per heavy atom. The lowest BCUT2D eigenvalue weighted by Gasteiger charge is -2.32. The number of esters is 1. The minimum atomic E-state index is -1.60. The fourth-order valence-corrected chi connectivity index (χ4v) is 1.55. The largest absolute Gasteiger partial charge is 0.462 e. The number of rotatable bonds is 9. The lowest BCUT2D eigenvalue weighted by molar-refractivity contribution is -0.161. The molecule has 0 aliphatic rings. The lowest BCUT2D eigenvalue weighted by Crippen LogP contribution is -2.69. The first-order valence-electron chi connectivity index (χ1n) is 6.58. The van der Waals surface area contributed by atoms with Crippen LogP contribution in [0.15, 0.2) is 0 Å². The lowest BCUT2D eigenvalue weighted by atomic mass is 9.96. The Morgan fingerprint density at radius 1 is 1.20 bits per heavy atom. The van der Waals surface area contributed by atoms with E-state index < -0.39 is 23.1 Å². The number of hydrogen-bond acceptors (Lipinski definition) is 7. The first kappa shape index (κ1) is 19.0. The van der Waals surface area contributed by atoms with Gasteiger partial charge in [-0.2, -0.15) is 0 Å². The summed E-state index contributed by atoms with van der Waals surface area (Å²) in [7, 11) is 4.66. The highest BCUT2D eigenvalue weighted by Crippen LogP contribution is 2.16. The van der Waals surface area contributed by atoms with Gasteiger partial charge in [0.2, 0.25) is 5.66 Å². The molecular weight excluding hydrogens is 262 g/mol. The van der Waals surface area contributed by atoms with Crippen LogP contribution >= 0.6 is 0 Å². The summed E-state index contributed by atoms with van der Waals surface area (Å²) in [4.78, 5) is 24.6. The molecule has 0 saturated carbocycles. The van der Waals surface area contributed by atoms with Crippen molar-refractivity contribution in [1.82, 2.24) is 16.0 Å². The number of aliphatic hydroxyl groups is 1. The zero-order chi connectivity index (χ0) is 16.0. The van der Waals surface area contributed by atoms with Crippen LogP contribution in [0.4, 0.5) is 0 Å². The highest BCUT2D eigenvalue weighted by Gasteiger charge is 2.46. The molecule has 20 heavy (non-hydrogen) atoms. The third-order valence-electron chi connectivity index (χ3n) is 3.27. The van der Waals surface area contributed by atoms with Crippen molar-refractivity contribution < 1.29 is 19.4 Å². The van der Waals surface area contributed by atoms with Gasteiger partial charge >= 0.3 is 5.97 Å². The van der Waals surface area contributed by atoms with Gasteiger partial charge in [-0.05, 0) is 28.1 Å². The van der Waals surface area contributed by atoms with Gasteiger partial charge < -0.3 is 15.2 Å². The number of ether oxygens (including phenoxy) is 1. The van der Waals surface area contributed by atoms with Crippen molar-refractivity contribution in [3.8, 4) is 0 Å². The predicted octanol–water partition coefficient (Wildman–Crippen LogP) is -1.14. The van der Waals surface area contributed by atoms with Crippen LogP contribution in [-0.2, 0) is 14.3 Å². The summed E-state index contributed by atoms with van der Waals surface area (Å²) in [6, 6.07) is -0.520. The summed E-state index contributed by atoms with van der Waals surface area (Å²) in [5.74, 6) is -1.08. The summed E-state index contributed by atoms with van der Waals surface area (Å²) < 4.78 is 5.19. The summed E-state index contributed by atoms with van der Waals surface area (Å²) >= 11 is 0. The second-order valence-electron chi connectivity index (χ2n) is 5.52. The van der Waals surface area contributed by atoms with Crippen LogP contribution in [-0.4, -0.2) is 62.9 Å². The molecule has 0 aromatic heterocycles. The van der Waals surface area contributed by atoms with Gasteiger partial charge in [0, 0.05) is 5.41 Å². The quantitative estimate of drug-likeness (QED) is 0.242. The molecule has 0 aliphatic carbocycles. The molecule has 7 nitrogen and oxygen atoms in total. The van der Waals surface area contributed by atoms with Gasteiger partial charge in [-0.15, -0.1) is 0 Å². The van der Waals surface area contributed by atoms with Crippen molar-refractivity contribution in [3.63, 3.8) is 0 Å². The van der Waals surface area contributed by atoms with Gasteiger partial charge in [-0.3, -0.25) is 15.4 Å². The molecule has 0 amide bonds. The van der Waals surface area contributed by atoms with Crippen LogP contribution in [0.25, 0.3) is 0 Å². The maximum absolute atomic E-state index is 12.4. The zero-order valence-corrected chi connectivity index (χ0v) is 13.2. The Labute approximate surface area is 120 Å². The monoisotopic (exact) mass is 289 g/mol. The van der Waals surface area contributed by atoms with Crippen LogP contribution in [0.1, 0.15) is 20.8 Å². The minimum absolute atomic E-state index is 0.0225. The van der Waals surface area contributed by atoms with E-state index in [2.05, 4.69) is 16.0 Å². The number of nitrogens with one attached hydrogen (secondary N) is 3. The number of Topliss-reactive ketones (excluding diaryl/α,β-unsaturated/α-hetero) is 1. The van der Waals surface area contributed by atoms with Crippen molar-refractivity contribution in [2.45, 2.75) is 32.5 Å². The number of ketones is 1. The van der Waals surface area contributed by atoms with Crippen LogP contribution in [0.3, 0.4) is 0 Å². The Bertz CT molecular complexity index is 341. The van der Waals surface area contributed by atoms with Crippen molar-refractivity contribution in [1.29, 1.82) is 0 Å². The van der Waals surface area contributed by atoms with Gasteiger partial charge in [-0.25, -0.2) is 4.79 Å². The maximum atomic E-state index is 12.4. The molecule has 0 bridgehead atoms. The first-order chi connectivity index (χ1) is 9.20. The second-order valence-corrected chi connectivity index (χ2v) is 5.52. The van der Waals surface area contributed by atoms with E-state index in [4.69, 9.17) is 9.84 Å². The molecule has 0 heterocycles. The van der Waals surface area contributed by atoms with Gasteiger partial charge in [0.25, 0.3) is 0 Å². The topological polar surface area (TPSA) is 99.7 Å². The van der Waals surface area contributed by atoms with Crippen LogP contribution in [0.2, 0.25) is 0 Å². The Balaban J connectivity index is 5.08. The summed E-state index contributed by atoms with van der Waals surface area (Å²) in [6.45, 7) is 5.09. The Morgan fingerprint density at radius 3 is 2.05 bits per heavy atom. The second kappa shape index (κ2) is 7.68. The smallest absolute Gasteiger partial charge is 0.349 e. The molecule has 7 heteroatoms. The molecule has 0 aromatic rings. The average Bonchev–Trinajstić information content (AvgIpc) is 2.45. The molecule has 0 saturated heterocycles. The summed E-state index contributed by atoms with van der Waals surface area (Å²) in [5, 5.41) is 17.4. The van der Waals surface area contributed by atoms with Gasteiger partial charge in [0.1, 0.15) is 0 Å². The standard InChI is InChI=1S/C13H27N3O4/c1-9(14-4)10(18)13(15-5,16-6)11(19)20-8-12(2,3)7-17/h9,14-17H,7-8H2,1-6H3. The molecule has 1 unspecified atom stereocenters. The van der Waals surface area contributed by atoms with Gasteiger partial charge in [0.05, 0.1) is 19.3 Å². The molecule has 118 valence electrons. The highest BCUT2D eigenvalue weighted by atomic mass is 16.5. The third-order valence-corrected chi connectivity index (χ3v) is 3.27. The van der Waals surface area contributed by atoms with Crippen molar-refractivity contribution in [2.24, 2.45) is 5.41 Å². The SMILES string of the molecule is CNC(C)C(=O)C(NC)(NC)C(=O)OCC(C)(C)CO. The molecule has 1 atom stereocenters. The van der Waals surface area contributed by atoms with Gasteiger partial charge in [-0.1, -0.05) is 13.8 Å². The third kappa shape index (κ3) is 4.24. The van der Waals surface area contributed by atoms with Crippen molar-refractivity contribution in [2.75, 3.05) is 34.4 Å². The molecule has 0 aliphatic heterocycles. The van der Waals surface area contributed by atoms with Crippen molar-refractivity contribution in [3.05, 3.63) is 0 Å². The van der Waals surface area contributed by atoms with E-state index in [-0.39, 0.29) is 19.0 Å². The maximum Gasteiger partial charge on any atom is 0.349 e. The molecule has 0 radical (unpaired) electrons. The number of carbonyl (C=O) groups is 2. The molecule has 0 fully saturated rings. The Kier molecular flexibility index (Phi) is 7.29. The van der Waals surface area contributed by atoms with Gasteiger partial charge in [0.15, 0.2) is 5.78 Å². The number of likely N-dealkylation sites (N-methyl/N-ethyl adjacent to an activating group) is 3. The number of carbonyl (C=O) groups excluding carboxylic acids is 2. The normalized spacial score (nSPS) is 13.9. The van der Waals surface area contributed by atoms with Crippen LogP contribution in [0.5, 0.6) is 0 Å². The Hall–Kier alpha value is -1.02. The fraction of sp³-hybridized carbons (Fsp3) is 0.846. The summed E-state index contributed by atoms with van der Waals surface area (Å²) in [5.41, 5.74) is -2.16.